The summed E-state index contributed by atoms with van der Waals surface area (Å²) in [4.78, 5) is 11.3. The van der Waals surface area contributed by atoms with Crippen LogP contribution in [0.1, 0.15) is 38.5 Å². The molecule has 0 atom stereocenters. The summed E-state index contributed by atoms with van der Waals surface area (Å²) in [7, 11) is 0. The summed E-state index contributed by atoms with van der Waals surface area (Å²) in [6.45, 7) is 0. The van der Waals surface area contributed by atoms with Crippen molar-refractivity contribution in [3.05, 3.63) is 0 Å². The Morgan fingerprint density at radius 3 is 2.45 bits per heavy atom. The molecule has 1 fully saturated rings. The Kier molecular flexibility index (Phi) is 3.98. The lowest BCUT2D eigenvalue weighted by molar-refractivity contribution is -0.123. The van der Waals surface area contributed by atoms with E-state index in [1.807, 2.05) is 0 Å². The first-order valence-electron chi connectivity index (χ1n) is 4.48. The van der Waals surface area contributed by atoms with E-state index in [4.69, 9.17) is 0 Å². The highest BCUT2D eigenvalue weighted by Crippen LogP contribution is 2.25. The molecule has 0 aromatic rings. The van der Waals surface area contributed by atoms with Crippen molar-refractivity contribution in [2.45, 2.75) is 38.5 Å². The van der Waals surface area contributed by atoms with Crippen molar-refractivity contribution < 1.29 is 4.79 Å². The van der Waals surface area contributed by atoms with Crippen molar-refractivity contribution in [1.82, 2.24) is 0 Å². The minimum Gasteiger partial charge on any atom is -0.299 e. The van der Waals surface area contributed by atoms with Gasteiger partial charge in [0.2, 0.25) is 0 Å². The molecule has 0 unspecified atom stereocenters. The average Bonchev–Trinajstić information content (AvgIpc) is 2.07. The van der Waals surface area contributed by atoms with Crippen LogP contribution in [0.4, 0.5) is 0 Å². The number of ketones is 1. The molecule has 1 saturated carbocycles. The Morgan fingerprint density at radius 1 is 1.27 bits per heavy atom. The highest BCUT2D eigenvalue weighted by molar-refractivity contribution is 7.80. The number of hydrogen-bond acceptors (Lipinski definition) is 2. The van der Waals surface area contributed by atoms with E-state index >= 15 is 0 Å². The molecule has 64 valence electrons. The van der Waals surface area contributed by atoms with E-state index in [1.165, 1.54) is 19.3 Å². The lowest BCUT2D eigenvalue weighted by Gasteiger charge is -2.19. The Morgan fingerprint density at radius 2 is 1.91 bits per heavy atom. The predicted octanol–water partition coefficient (Wildman–Crippen LogP) is 2.46. The molecule has 0 saturated heterocycles. The Hall–Kier alpha value is 0.0200. The second-order valence-electron chi connectivity index (χ2n) is 3.27. The van der Waals surface area contributed by atoms with E-state index in [-0.39, 0.29) is 0 Å². The van der Waals surface area contributed by atoms with Crippen molar-refractivity contribution in [2.75, 3.05) is 5.75 Å². The van der Waals surface area contributed by atoms with Crippen molar-refractivity contribution in [3.63, 3.8) is 0 Å². The summed E-state index contributed by atoms with van der Waals surface area (Å²) < 4.78 is 0. The molecule has 11 heavy (non-hydrogen) atoms. The van der Waals surface area contributed by atoms with Gasteiger partial charge in [0, 0.05) is 12.3 Å². The number of thiol groups is 1. The van der Waals surface area contributed by atoms with Crippen LogP contribution in [-0.4, -0.2) is 11.5 Å². The smallest absolute Gasteiger partial charge is 0.136 e. The van der Waals surface area contributed by atoms with Crippen molar-refractivity contribution >= 4 is 18.4 Å². The van der Waals surface area contributed by atoms with Crippen LogP contribution in [0, 0.1) is 5.92 Å². The summed E-state index contributed by atoms with van der Waals surface area (Å²) in [5, 5.41) is 0. The predicted molar refractivity (Wildman–Crippen MR) is 50.1 cm³/mol. The molecule has 1 nitrogen and oxygen atoms in total. The van der Waals surface area contributed by atoms with E-state index in [1.54, 1.807) is 0 Å². The maximum Gasteiger partial charge on any atom is 0.136 e. The third-order valence-electron chi connectivity index (χ3n) is 2.42. The summed E-state index contributed by atoms with van der Waals surface area (Å²) in [6, 6.07) is 0. The SMILES string of the molecule is O=C(CCS)C1CCCCC1. The van der Waals surface area contributed by atoms with Crippen molar-refractivity contribution in [1.29, 1.82) is 0 Å². The lowest BCUT2D eigenvalue weighted by Crippen LogP contribution is -2.17. The maximum atomic E-state index is 11.3. The number of Topliss-reactive ketones (excluding diaryl/α,β-unsaturated/α-hetero) is 1. The number of carbonyl (C=O) groups is 1. The maximum absolute atomic E-state index is 11.3. The highest BCUT2D eigenvalue weighted by Gasteiger charge is 2.19. The number of rotatable bonds is 3. The van der Waals surface area contributed by atoms with Crippen LogP contribution >= 0.6 is 12.6 Å². The summed E-state index contributed by atoms with van der Waals surface area (Å²) in [5.74, 6) is 1.55. The molecule has 0 bridgehead atoms. The standard InChI is InChI=1S/C9H16OS/c10-9(6-7-11)8-4-2-1-3-5-8/h8,11H,1-7H2. The number of hydrogen-bond donors (Lipinski definition) is 1. The molecular weight excluding hydrogens is 156 g/mol. The fraction of sp³-hybridized carbons (Fsp3) is 0.889. The molecule has 0 aromatic heterocycles. The molecule has 2 heteroatoms. The van der Waals surface area contributed by atoms with Gasteiger partial charge < -0.3 is 0 Å². The molecule has 0 radical (unpaired) electrons. The monoisotopic (exact) mass is 172 g/mol. The summed E-state index contributed by atoms with van der Waals surface area (Å²) >= 11 is 4.06. The summed E-state index contributed by atoms with van der Waals surface area (Å²) in [6.07, 6.45) is 6.77. The van der Waals surface area contributed by atoms with E-state index in [9.17, 15) is 4.79 Å². The average molecular weight is 172 g/mol. The minimum absolute atomic E-state index is 0.385. The topological polar surface area (TPSA) is 17.1 Å². The third-order valence-corrected chi connectivity index (χ3v) is 2.64. The fourth-order valence-corrected chi connectivity index (χ4v) is 1.96. The van der Waals surface area contributed by atoms with Gasteiger partial charge in [-0.15, -0.1) is 0 Å². The normalized spacial score (nSPS) is 20.1. The Balaban J connectivity index is 2.27. The van der Waals surface area contributed by atoms with Gasteiger partial charge in [-0.2, -0.15) is 12.6 Å². The van der Waals surface area contributed by atoms with Crippen LogP contribution in [0.25, 0.3) is 0 Å². The molecule has 1 rings (SSSR count). The van der Waals surface area contributed by atoms with Gasteiger partial charge in [-0.05, 0) is 18.6 Å². The Bertz CT molecular complexity index is 128. The van der Waals surface area contributed by atoms with Gasteiger partial charge in [-0.3, -0.25) is 4.79 Å². The van der Waals surface area contributed by atoms with Crippen LogP contribution in [0.3, 0.4) is 0 Å². The van der Waals surface area contributed by atoms with Gasteiger partial charge in [-0.25, -0.2) is 0 Å². The quantitative estimate of drug-likeness (QED) is 0.647. The zero-order valence-corrected chi connectivity index (χ0v) is 7.78. The van der Waals surface area contributed by atoms with Gasteiger partial charge in [0.05, 0.1) is 0 Å². The van der Waals surface area contributed by atoms with E-state index < -0.39 is 0 Å². The van der Waals surface area contributed by atoms with Crippen LogP contribution in [0.2, 0.25) is 0 Å². The fourth-order valence-electron chi connectivity index (χ4n) is 1.74. The Labute approximate surface area is 74.0 Å². The van der Waals surface area contributed by atoms with Gasteiger partial charge in [0.1, 0.15) is 5.78 Å². The van der Waals surface area contributed by atoms with Crippen LogP contribution in [0.5, 0.6) is 0 Å². The van der Waals surface area contributed by atoms with Crippen molar-refractivity contribution in [3.8, 4) is 0 Å². The van der Waals surface area contributed by atoms with Gasteiger partial charge in [0.25, 0.3) is 0 Å². The van der Waals surface area contributed by atoms with E-state index in [2.05, 4.69) is 12.6 Å². The van der Waals surface area contributed by atoms with Gasteiger partial charge in [0.15, 0.2) is 0 Å². The highest BCUT2D eigenvalue weighted by atomic mass is 32.1. The third kappa shape index (κ3) is 2.86. The first-order chi connectivity index (χ1) is 5.34. The molecule has 1 aliphatic carbocycles. The van der Waals surface area contributed by atoms with Gasteiger partial charge in [-0.1, -0.05) is 19.3 Å². The molecule has 0 spiro atoms. The lowest BCUT2D eigenvalue weighted by atomic mass is 9.85. The molecule has 0 N–H and O–H groups in total. The molecule has 0 aliphatic heterocycles. The van der Waals surface area contributed by atoms with E-state index in [0.29, 0.717) is 18.1 Å². The largest absolute Gasteiger partial charge is 0.299 e. The van der Waals surface area contributed by atoms with Gasteiger partial charge >= 0.3 is 0 Å². The molecular formula is C9H16OS. The first-order valence-corrected chi connectivity index (χ1v) is 5.11. The zero-order chi connectivity index (χ0) is 8.10. The first kappa shape index (κ1) is 9.11. The molecule has 0 amide bonds. The molecule has 1 aliphatic rings. The second-order valence-corrected chi connectivity index (χ2v) is 3.72. The minimum atomic E-state index is 0.385. The second kappa shape index (κ2) is 4.81. The van der Waals surface area contributed by atoms with Crippen molar-refractivity contribution in [2.24, 2.45) is 5.92 Å². The van der Waals surface area contributed by atoms with Crippen LogP contribution in [0.15, 0.2) is 0 Å². The summed E-state index contributed by atoms with van der Waals surface area (Å²) in [5.41, 5.74) is 0. The van der Waals surface area contributed by atoms with Crippen LogP contribution in [-0.2, 0) is 4.79 Å². The molecule has 0 heterocycles. The van der Waals surface area contributed by atoms with E-state index in [0.717, 1.165) is 18.6 Å². The van der Waals surface area contributed by atoms with Crippen LogP contribution < -0.4 is 0 Å². The molecule has 0 aromatic carbocycles. The number of carbonyl (C=O) groups excluding carboxylic acids is 1. The zero-order valence-electron chi connectivity index (χ0n) is 6.88.